The van der Waals surface area contributed by atoms with Gasteiger partial charge in [-0.3, -0.25) is 0 Å². The topological polar surface area (TPSA) is 33.3 Å². The Morgan fingerprint density at radius 2 is 1.90 bits per heavy atom. The first-order chi connectivity index (χ1) is 10.3. The maximum Gasteiger partial charge on any atom is 0.127 e. The molecule has 1 aliphatic heterocycles. The first kappa shape index (κ1) is 14.4. The highest BCUT2D eigenvalue weighted by atomic mass is 35.5. The van der Waals surface area contributed by atoms with E-state index in [2.05, 4.69) is 22.8 Å². The van der Waals surface area contributed by atoms with E-state index in [9.17, 15) is 0 Å². The highest BCUT2D eigenvalue weighted by molar-refractivity contribution is 6.30. The maximum atomic E-state index is 5.87. The van der Waals surface area contributed by atoms with Crippen molar-refractivity contribution in [1.29, 1.82) is 0 Å². The molecule has 3 nitrogen and oxygen atoms in total. The Labute approximate surface area is 130 Å². The summed E-state index contributed by atoms with van der Waals surface area (Å²) in [6.45, 7) is 4.20. The molecule has 21 heavy (non-hydrogen) atoms. The molecule has 3 rings (SSSR count). The van der Waals surface area contributed by atoms with Crippen molar-refractivity contribution in [3.63, 3.8) is 0 Å². The minimum absolute atomic E-state index is 0.714. The van der Waals surface area contributed by atoms with Gasteiger partial charge >= 0.3 is 0 Å². The summed E-state index contributed by atoms with van der Waals surface area (Å²) in [5.74, 6) is 2.42. The van der Waals surface area contributed by atoms with Crippen LogP contribution in [0, 0.1) is 5.92 Å². The van der Waals surface area contributed by atoms with Crippen LogP contribution in [0.15, 0.2) is 48.5 Å². The van der Waals surface area contributed by atoms with Crippen LogP contribution in [0.2, 0.25) is 5.02 Å². The Balaban J connectivity index is 1.55. The fourth-order valence-corrected chi connectivity index (χ4v) is 2.40. The molecule has 2 N–H and O–H groups in total. The molecule has 110 valence electrons. The minimum Gasteiger partial charge on any atom is -0.457 e. The van der Waals surface area contributed by atoms with Crippen molar-refractivity contribution in [2.24, 2.45) is 5.92 Å². The smallest absolute Gasteiger partial charge is 0.127 e. The van der Waals surface area contributed by atoms with Crippen molar-refractivity contribution in [2.45, 2.75) is 6.54 Å². The molecule has 4 heteroatoms. The van der Waals surface area contributed by atoms with Crippen molar-refractivity contribution >= 4 is 11.6 Å². The highest BCUT2D eigenvalue weighted by Crippen LogP contribution is 2.23. The molecule has 0 unspecified atom stereocenters. The molecular weight excluding hydrogens is 284 g/mol. The van der Waals surface area contributed by atoms with Gasteiger partial charge in [0.1, 0.15) is 11.5 Å². The molecular formula is C17H19ClN2O. The van der Waals surface area contributed by atoms with Crippen molar-refractivity contribution in [3.8, 4) is 11.5 Å². The predicted molar refractivity (Wildman–Crippen MR) is 86.0 cm³/mol. The lowest BCUT2D eigenvalue weighted by Crippen LogP contribution is -2.47. The quantitative estimate of drug-likeness (QED) is 0.857. The summed E-state index contributed by atoms with van der Waals surface area (Å²) in [5.41, 5.74) is 1.23. The molecule has 0 saturated carbocycles. The van der Waals surface area contributed by atoms with Crippen molar-refractivity contribution in [2.75, 3.05) is 19.6 Å². The van der Waals surface area contributed by atoms with E-state index in [4.69, 9.17) is 16.3 Å². The van der Waals surface area contributed by atoms with Gasteiger partial charge in [-0.2, -0.15) is 0 Å². The number of hydrogen-bond acceptors (Lipinski definition) is 3. The molecule has 0 aromatic heterocycles. The lowest BCUT2D eigenvalue weighted by atomic mass is 10.0. The van der Waals surface area contributed by atoms with E-state index < -0.39 is 0 Å². The van der Waals surface area contributed by atoms with E-state index in [-0.39, 0.29) is 0 Å². The van der Waals surface area contributed by atoms with Crippen LogP contribution in [0.4, 0.5) is 0 Å². The molecule has 0 aliphatic carbocycles. The summed E-state index contributed by atoms with van der Waals surface area (Å²) < 4.78 is 5.84. The van der Waals surface area contributed by atoms with Crippen LogP contribution in [0.25, 0.3) is 0 Å². The predicted octanol–water partition coefficient (Wildman–Crippen LogP) is 3.44. The van der Waals surface area contributed by atoms with Gasteiger partial charge in [-0.05, 0) is 47.9 Å². The summed E-state index contributed by atoms with van der Waals surface area (Å²) in [7, 11) is 0. The number of ether oxygens (including phenoxy) is 1. The van der Waals surface area contributed by atoms with Crippen LogP contribution in [-0.2, 0) is 6.54 Å². The largest absolute Gasteiger partial charge is 0.457 e. The summed E-state index contributed by atoms with van der Waals surface area (Å²) in [4.78, 5) is 0. The van der Waals surface area contributed by atoms with Gasteiger partial charge < -0.3 is 15.4 Å². The van der Waals surface area contributed by atoms with E-state index in [0.717, 1.165) is 43.6 Å². The van der Waals surface area contributed by atoms with E-state index in [1.165, 1.54) is 5.56 Å². The molecule has 1 saturated heterocycles. The van der Waals surface area contributed by atoms with Gasteiger partial charge in [0.05, 0.1) is 0 Å². The fourth-order valence-electron chi connectivity index (χ4n) is 2.27. The second kappa shape index (κ2) is 6.94. The highest BCUT2D eigenvalue weighted by Gasteiger charge is 2.15. The number of rotatable bonds is 6. The third-order valence-corrected chi connectivity index (χ3v) is 3.83. The SMILES string of the molecule is Clc1ccc(Oc2cccc(CNCC3CNC3)c2)cc1. The number of benzene rings is 2. The van der Waals surface area contributed by atoms with E-state index in [1.807, 2.05) is 36.4 Å². The number of halogens is 1. The number of hydrogen-bond donors (Lipinski definition) is 2. The lowest BCUT2D eigenvalue weighted by Gasteiger charge is -2.27. The molecule has 0 bridgehead atoms. The molecule has 1 fully saturated rings. The van der Waals surface area contributed by atoms with Gasteiger partial charge in [0, 0.05) is 31.2 Å². The van der Waals surface area contributed by atoms with Gasteiger partial charge in [-0.15, -0.1) is 0 Å². The summed E-state index contributed by atoms with van der Waals surface area (Å²) in [6, 6.07) is 15.6. The standard InChI is InChI=1S/C17H19ClN2O/c18-15-4-6-16(7-5-15)21-17-3-1-2-13(8-17)9-19-10-14-11-20-12-14/h1-8,14,19-20H,9-12H2. The second-order valence-corrected chi connectivity index (χ2v) is 5.79. The van der Waals surface area contributed by atoms with Gasteiger partial charge in [-0.25, -0.2) is 0 Å². The third kappa shape index (κ3) is 4.21. The lowest BCUT2D eigenvalue weighted by molar-refractivity contribution is 0.331. The van der Waals surface area contributed by atoms with Crippen LogP contribution in [-0.4, -0.2) is 19.6 Å². The average Bonchev–Trinajstić information content (AvgIpc) is 2.45. The van der Waals surface area contributed by atoms with Crippen molar-refractivity contribution in [1.82, 2.24) is 10.6 Å². The molecule has 2 aromatic rings. The monoisotopic (exact) mass is 302 g/mol. The molecule has 1 heterocycles. The van der Waals surface area contributed by atoms with Crippen molar-refractivity contribution in [3.05, 3.63) is 59.1 Å². The Kier molecular flexibility index (Phi) is 4.76. The Morgan fingerprint density at radius 1 is 1.10 bits per heavy atom. The zero-order valence-corrected chi connectivity index (χ0v) is 12.6. The molecule has 0 amide bonds. The first-order valence-electron chi connectivity index (χ1n) is 7.23. The third-order valence-electron chi connectivity index (χ3n) is 3.58. The van der Waals surface area contributed by atoms with Gasteiger partial charge in [0.25, 0.3) is 0 Å². The maximum absolute atomic E-state index is 5.87. The van der Waals surface area contributed by atoms with Crippen LogP contribution in [0.5, 0.6) is 11.5 Å². The Morgan fingerprint density at radius 3 is 2.62 bits per heavy atom. The minimum atomic E-state index is 0.714. The summed E-state index contributed by atoms with van der Waals surface area (Å²) >= 11 is 5.87. The van der Waals surface area contributed by atoms with Crippen LogP contribution in [0.3, 0.4) is 0 Å². The number of nitrogens with one attached hydrogen (secondary N) is 2. The van der Waals surface area contributed by atoms with Crippen LogP contribution >= 0.6 is 11.6 Å². The first-order valence-corrected chi connectivity index (χ1v) is 7.61. The summed E-state index contributed by atoms with van der Waals surface area (Å²) in [5, 5.41) is 7.48. The van der Waals surface area contributed by atoms with Gasteiger partial charge in [0.2, 0.25) is 0 Å². The molecule has 2 aromatic carbocycles. The Hall–Kier alpha value is -1.55. The van der Waals surface area contributed by atoms with Gasteiger partial charge in [-0.1, -0.05) is 23.7 Å². The molecule has 0 spiro atoms. The summed E-state index contributed by atoms with van der Waals surface area (Å²) in [6.07, 6.45) is 0. The van der Waals surface area contributed by atoms with Crippen molar-refractivity contribution < 1.29 is 4.74 Å². The van der Waals surface area contributed by atoms with Crippen LogP contribution < -0.4 is 15.4 Å². The Bertz CT molecular complexity index is 582. The molecule has 0 radical (unpaired) electrons. The second-order valence-electron chi connectivity index (χ2n) is 5.36. The van der Waals surface area contributed by atoms with E-state index >= 15 is 0 Å². The van der Waals surface area contributed by atoms with E-state index in [1.54, 1.807) is 0 Å². The fraction of sp³-hybridized carbons (Fsp3) is 0.294. The van der Waals surface area contributed by atoms with Gasteiger partial charge in [0.15, 0.2) is 0 Å². The van der Waals surface area contributed by atoms with Crippen LogP contribution in [0.1, 0.15) is 5.56 Å². The average molecular weight is 303 g/mol. The molecule has 1 aliphatic rings. The van der Waals surface area contributed by atoms with E-state index in [0.29, 0.717) is 5.02 Å². The zero-order valence-electron chi connectivity index (χ0n) is 11.8. The molecule has 0 atom stereocenters. The zero-order chi connectivity index (χ0) is 14.5. The normalized spacial score (nSPS) is 14.7.